The predicted octanol–water partition coefficient (Wildman–Crippen LogP) is 6.41. The summed E-state index contributed by atoms with van der Waals surface area (Å²) < 4.78 is 0. The van der Waals surface area contributed by atoms with Crippen molar-refractivity contribution in [2.24, 2.45) is 35.0 Å². The van der Waals surface area contributed by atoms with Gasteiger partial charge in [0.25, 0.3) is 0 Å². The van der Waals surface area contributed by atoms with E-state index in [0.29, 0.717) is 17.3 Å². The minimum atomic E-state index is -0.116. The van der Waals surface area contributed by atoms with Gasteiger partial charge in [0.15, 0.2) is 0 Å². The summed E-state index contributed by atoms with van der Waals surface area (Å²) in [6.07, 6.45) is 15.9. The number of rotatable bonds is 1. The van der Waals surface area contributed by atoms with Crippen molar-refractivity contribution in [3.8, 4) is 0 Å². The molecule has 6 rings (SSSR count). The molecule has 0 spiro atoms. The number of aliphatic hydroxyl groups excluding tert-OH is 1. The van der Waals surface area contributed by atoms with Crippen molar-refractivity contribution in [2.75, 3.05) is 0 Å². The molecule has 156 valence electrons. The average Bonchev–Trinajstić information content (AvgIpc) is 3.10. The summed E-state index contributed by atoms with van der Waals surface area (Å²) in [5.41, 5.74) is 4.86. The van der Waals surface area contributed by atoms with Gasteiger partial charge in [-0.3, -0.25) is 4.98 Å². The molecule has 2 nitrogen and oxygen atoms in total. The van der Waals surface area contributed by atoms with Crippen molar-refractivity contribution < 1.29 is 5.11 Å². The zero-order valence-electron chi connectivity index (χ0n) is 18.2. The van der Waals surface area contributed by atoms with Crippen molar-refractivity contribution in [3.05, 3.63) is 59.9 Å². The SMILES string of the molecule is C[C@@H]1C[C@H](O)CC2=CC[C@@H]3[C@H](CC[C@]4(C)C(c5ccc6ccncc6c5)=CC[C@@H]34)C21. The van der Waals surface area contributed by atoms with Crippen LogP contribution >= 0.6 is 0 Å². The Labute approximate surface area is 180 Å². The lowest BCUT2D eigenvalue weighted by Crippen LogP contribution is -2.47. The molecule has 1 aromatic heterocycles. The number of allylic oxidation sites excluding steroid dienone is 3. The molecule has 0 radical (unpaired) electrons. The first-order chi connectivity index (χ1) is 14.5. The third-order valence-electron chi connectivity index (χ3n) is 9.29. The maximum Gasteiger partial charge on any atom is 0.0580 e. The fourth-order valence-electron chi connectivity index (χ4n) is 8.01. The van der Waals surface area contributed by atoms with Gasteiger partial charge in [-0.15, -0.1) is 0 Å². The number of aromatic nitrogens is 1. The monoisotopic (exact) mass is 399 g/mol. The Kier molecular flexibility index (Phi) is 4.25. The van der Waals surface area contributed by atoms with Crippen molar-refractivity contribution in [3.63, 3.8) is 0 Å². The lowest BCUT2D eigenvalue weighted by Gasteiger charge is -2.54. The Morgan fingerprint density at radius 2 is 1.97 bits per heavy atom. The fraction of sp³-hybridized carbons (Fsp3) is 0.536. The maximum absolute atomic E-state index is 10.3. The first kappa shape index (κ1) is 18.8. The van der Waals surface area contributed by atoms with Crippen molar-refractivity contribution in [1.29, 1.82) is 0 Å². The highest BCUT2D eigenvalue weighted by Crippen LogP contribution is 2.63. The first-order valence-electron chi connectivity index (χ1n) is 12.0. The number of benzene rings is 1. The molecule has 2 saturated carbocycles. The Morgan fingerprint density at radius 1 is 1.07 bits per heavy atom. The summed E-state index contributed by atoms with van der Waals surface area (Å²) in [5, 5.41) is 12.8. The normalized spacial score (nSPS) is 40.2. The van der Waals surface area contributed by atoms with E-state index in [-0.39, 0.29) is 6.10 Å². The second-order valence-electron chi connectivity index (χ2n) is 10.8. The summed E-state index contributed by atoms with van der Waals surface area (Å²) in [6.45, 7) is 4.94. The number of pyridine rings is 1. The van der Waals surface area contributed by atoms with E-state index in [4.69, 9.17) is 0 Å². The van der Waals surface area contributed by atoms with Gasteiger partial charge >= 0.3 is 0 Å². The molecule has 2 aromatic rings. The summed E-state index contributed by atoms with van der Waals surface area (Å²) >= 11 is 0. The largest absolute Gasteiger partial charge is 0.393 e. The van der Waals surface area contributed by atoms with Crippen LogP contribution in [0.3, 0.4) is 0 Å². The smallest absolute Gasteiger partial charge is 0.0580 e. The highest BCUT2D eigenvalue weighted by molar-refractivity contribution is 5.86. The van der Waals surface area contributed by atoms with Crippen LogP contribution in [0.25, 0.3) is 16.3 Å². The molecule has 2 fully saturated rings. The zero-order valence-corrected chi connectivity index (χ0v) is 18.2. The average molecular weight is 400 g/mol. The van der Waals surface area contributed by atoms with E-state index < -0.39 is 0 Å². The van der Waals surface area contributed by atoms with Gasteiger partial charge in [0, 0.05) is 17.8 Å². The fourth-order valence-corrected chi connectivity index (χ4v) is 8.01. The third-order valence-corrected chi connectivity index (χ3v) is 9.29. The van der Waals surface area contributed by atoms with Gasteiger partial charge in [0.1, 0.15) is 0 Å². The highest BCUT2D eigenvalue weighted by Gasteiger charge is 2.54. The Balaban J connectivity index is 1.33. The molecule has 0 aliphatic heterocycles. The summed E-state index contributed by atoms with van der Waals surface area (Å²) in [7, 11) is 0. The third kappa shape index (κ3) is 2.69. The van der Waals surface area contributed by atoms with Gasteiger partial charge in [0.05, 0.1) is 6.10 Å². The van der Waals surface area contributed by atoms with Crippen LogP contribution in [0.4, 0.5) is 0 Å². The van der Waals surface area contributed by atoms with E-state index in [1.54, 1.807) is 11.1 Å². The van der Waals surface area contributed by atoms with Crippen LogP contribution in [0.15, 0.2) is 54.4 Å². The van der Waals surface area contributed by atoms with E-state index in [1.165, 1.54) is 42.0 Å². The van der Waals surface area contributed by atoms with Crippen molar-refractivity contribution >= 4 is 16.3 Å². The number of nitrogens with zero attached hydrogens (tertiary/aromatic N) is 1. The van der Waals surface area contributed by atoms with Gasteiger partial charge < -0.3 is 5.11 Å². The van der Waals surface area contributed by atoms with Crippen LogP contribution in [0.2, 0.25) is 0 Å². The van der Waals surface area contributed by atoms with E-state index in [9.17, 15) is 5.11 Å². The first-order valence-corrected chi connectivity index (χ1v) is 12.0. The van der Waals surface area contributed by atoms with Gasteiger partial charge in [0.2, 0.25) is 0 Å². The molecule has 1 N–H and O–H groups in total. The Hall–Kier alpha value is -1.93. The second-order valence-corrected chi connectivity index (χ2v) is 10.8. The number of aliphatic hydroxyl groups is 1. The van der Waals surface area contributed by atoms with E-state index in [2.05, 4.69) is 55.2 Å². The van der Waals surface area contributed by atoms with Crippen LogP contribution in [-0.4, -0.2) is 16.2 Å². The number of fused-ring (bicyclic) bond motifs is 6. The van der Waals surface area contributed by atoms with Gasteiger partial charge in [-0.1, -0.05) is 43.7 Å². The van der Waals surface area contributed by atoms with E-state index >= 15 is 0 Å². The Bertz CT molecular complexity index is 1050. The lowest BCUT2D eigenvalue weighted by atomic mass is 9.50. The van der Waals surface area contributed by atoms with Crippen LogP contribution in [-0.2, 0) is 0 Å². The maximum atomic E-state index is 10.3. The van der Waals surface area contributed by atoms with E-state index in [1.807, 2.05) is 12.4 Å². The quantitative estimate of drug-likeness (QED) is 0.562. The van der Waals surface area contributed by atoms with Gasteiger partial charge in [-0.25, -0.2) is 0 Å². The molecule has 1 aromatic carbocycles. The lowest BCUT2D eigenvalue weighted by molar-refractivity contribution is -0.00137. The van der Waals surface area contributed by atoms with Crippen molar-refractivity contribution in [2.45, 2.75) is 58.5 Å². The second kappa shape index (κ2) is 6.79. The zero-order chi connectivity index (χ0) is 20.5. The van der Waals surface area contributed by atoms with Crippen molar-refractivity contribution in [1.82, 2.24) is 4.98 Å². The molecular weight excluding hydrogens is 366 g/mol. The molecule has 1 heterocycles. The molecular formula is C28H33NO. The molecule has 30 heavy (non-hydrogen) atoms. The molecule has 0 amide bonds. The van der Waals surface area contributed by atoms with Gasteiger partial charge in [-0.05, 0) is 102 Å². The molecule has 0 saturated heterocycles. The van der Waals surface area contributed by atoms with Crippen LogP contribution in [0.1, 0.15) is 57.9 Å². The molecule has 7 atom stereocenters. The molecule has 1 unspecified atom stereocenters. The van der Waals surface area contributed by atoms with Crippen LogP contribution in [0.5, 0.6) is 0 Å². The Morgan fingerprint density at radius 3 is 2.87 bits per heavy atom. The summed E-state index contributed by atoms with van der Waals surface area (Å²) in [4.78, 5) is 4.34. The summed E-state index contributed by atoms with van der Waals surface area (Å²) in [6, 6.07) is 9.06. The standard InChI is InChI=1S/C28H33NO/c1-17-13-22(30)15-20-5-6-23-24(27(17)20)9-11-28(2)25(7-8-26(23)28)19-4-3-18-10-12-29-16-21(18)14-19/h3-5,7,10,12,14,16-17,22-24,26-27,30H,6,8-9,11,13,15H2,1-2H3/t17-,22+,23-,24+,26+,27?,28-/m1/s1. The molecule has 4 aliphatic carbocycles. The molecule has 0 bridgehead atoms. The highest BCUT2D eigenvalue weighted by atomic mass is 16.3. The van der Waals surface area contributed by atoms with Crippen LogP contribution < -0.4 is 0 Å². The van der Waals surface area contributed by atoms with Crippen LogP contribution in [0, 0.1) is 35.0 Å². The summed E-state index contributed by atoms with van der Waals surface area (Å²) in [5.74, 6) is 3.71. The molecule has 2 heteroatoms. The van der Waals surface area contributed by atoms with Gasteiger partial charge in [-0.2, -0.15) is 0 Å². The number of hydrogen-bond acceptors (Lipinski definition) is 2. The molecule has 4 aliphatic rings. The van der Waals surface area contributed by atoms with E-state index in [0.717, 1.165) is 30.6 Å². The minimum absolute atomic E-state index is 0.116. The minimum Gasteiger partial charge on any atom is -0.393 e. The predicted molar refractivity (Wildman–Crippen MR) is 123 cm³/mol. The number of hydrogen-bond donors (Lipinski definition) is 1. The topological polar surface area (TPSA) is 33.1 Å².